The van der Waals surface area contributed by atoms with Gasteiger partial charge in [0.25, 0.3) is 0 Å². The van der Waals surface area contributed by atoms with Crippen LogP contribution in [0.3, 0.4) is 0 Å². The van der Waals surface area contributed by atoms with E-state index in [1.165, 1.54) is 24.0 Å². The Morgan fingerprint density at radius 2 is 1.44 bits per heavy atom. The predicted molar refractivity (Wildman–Crippen MR) is 67.4 cm³/mol. The van der Waals surface area contributed by atoms with Gasteiger partial charge in [-0.15, -0.1) is 0 Å². The van der Waals surface area contributed by atoms with Crippen LogP contribution in [0, 0.1) is 5.92 Å². The molecule has 0 unspecified atom stereocenters. The Hall–Kier alpha value is -1.56. The van der Waals surface area contributed by atoms with E-state index in [1.54, 1.807) is 0 Å². The molecule has 2 atom stereocenters. The van der Waals surface area contributed by atoms with Gasteiger partial charge in [0.1, 0.15) is 0 Å². The smallest absolute Gasteiger partial charge is 0.0127 e. The second kappa shape index (κ2) is 4.13. The molecule has 3 rings (SSSR count). The third-order valence-electron chi connectivity index (χ3n) is 3.49. The molecule has 0 saturated heterocycles. The maximum absolute atomic E-state index is 2.26. The Kier molecular flexibility index (Phi) is 2.49. The molecular weight excluding hydrogens is 192 g/mol. The first-order valence-electron chi connectivity index (χ1n) is 6.02. The fraction of sp³-hybridized carbons (Fsp3) is 0.250. The van der Waals surface area contributed by atoms with Crippen LogP contribution in [0.4, 0.5) is 0 Å². The van der Waals surface area contributed by atoms with Crippen molar-refractivity contribution in [3.63, 3.8) is 0 Å². The van der Waals surface area contributed by atoms with Crippen molar-refractivity contribution in [1.82, 2.24) is 0 Å². The first kappa shape index (κ1) is 9.65. The van der Waals surface area contributed by atoms with Crippen molar-refractivity contribution >= 4 is 0 Å². The van der Waals surface area contributed by atoms with Crippen molar-refractivity contribution in [2.75, 3.05) is 0 Å². The Balaban J connectivity index is 1.65. The Labute approximate surface area is 96.9 Å². The van der Waals surface area contributed by atoms with Gasteiger partial charge in [0.15, 0.2) is 0 Å². The monoisotopic (exact) mass is 208 g/mol. The van der Waals surface area contributed by atoms with Crippen LogP contribution in [0.25, 0.3) is 0 Å². The van der Waals surface area contributed by atoms with E-state index in [-0.39, 0.29) is 0 Å². The minimum Gasteiger partial charge on any atom is -0.0622 e. The molecule has 0 amide bonds. The van der Waals surface area contributed by atoms with Crippen LogP contribution in [0.5, 0.6) is 0 Å². The van der Waals surface area contributed by atoms with Gasteiger partial charge in [-0.3, -0.25) is 0 Å². The topological polar surface area (TPSA) is 0 Å². The van der Waals surface area contributed by atoms with E-state index in [4.69, 9.17) is 0 Å². The normalized spacial score (nSPS) is 23.0. The quantitative estimate of drug-likeness (QED) is 0.714. The molecule has 16 heavy (non-hydrogen) atoms. The van der Waals surface area contributed by atoms with Gasteiger partial charge >= 0.3 is 0 Å². The molecule has 1 aliphatic carbocycles. The number of hydrogen-bond donors (Lipinski definition) is 0. The third-order valence-corrected chi connectivity index (χ3v) is 3.49. The summed E-state index contributed by atoms with van der Waals surface area (Å²) in [6.07, 6.45) is 2.60. The summed E-state index contributed by atoms with van der Waals surface area (Å²) in [5.74, 6) is 1.67. The molecule has 0 aromatic heterocycles. The Morgan fingerprint density at radius 3 is 2.12 bits per heavy atom. The highest BCUT2D eigenvalue weighted by molar-refractivity contribution is 5.27. The minimum absolute atomic E-state index is 0.807. The Morgan fingerprint density at radius 1 is 0.812 bits per heavy atom. The maximum atomic E-state index is 2.26. The first-order chi connectivity index (χ1) is 7.93. The van der Waals surface area contributed by atoms with E-state index in [2.05, 4.69) is 60.7 Å². The highest BCUT2D eigenvalue weighted by atomic mass is 14.4. The molecule has 1 saturated carbocycles. The average Bonchev–Trinajstić information content (AvgIpc) is 3.11. The van der Waals surface area contributed by atoms with Gasteiger partial charge in [0.05, 0.1) is 0 Å². The van der Waals surface area contributed by atoms with Gasteiger partial charge in [0, 0.05) is 0 Å². The molecule has 0 bridgehead atoms. The number of rotatable bonds is 3. The van der Waals surface area contributed by atoms with Gasteiger partial charge in [-0.1, -0.05) is 60.7 Å². The summed E-state index contributed by atoms with van der Waals surface area (Å²) < 4.78 is 0. The fourth-order valence-corrected chi connectivity index (χ4v) is 2.50. The van der Waals surface area contributed by atoms with Gasteiger partial charge in [0.2, 0.25) is 0 Å². The van der Waals surface area contributed by atoms with Gasteiger partial charge in [-0.2, -0.15) is 0 Å². The second-order valence-corrected chi connectivity index (χ2v) is 4.70. The molecule has 2 aromatic rings. The van der Waals surface area contributed by atoms with E-state index < -0.39 is 0 Å². The second-order valence-electron chi connectivity index (χ2n) is 4.70. The standard InChI is InChI=1S/C16H16/c1-3-7-13(8-4-1)11-15-12-16(15)14-9-5-2-6-10-14/h1-10,15-16H,11-12H2/t15-,16-/m0/s1. The summed E-state index contributed by atoms with van der Waals surface area (Å²) in [6.45, 7) is 0. The van der Waals surface area contributed by atoms with Crippen molar-refractivity contribution in [2.45, 2.75) is 18.8 Å². The van der Waals surface area contributed by atoms with Gasteiger partial charge < -0.3 is 0 Å². The van der Waals surface area contributed by atoms with Crippen molar-refractivity contribution in [3.05, 3.63) is 71.8 Å². The molecule has 2 aromatic carbocycles. The lowest BCUT2D eigenvalue weighted by Crippen LogP contribution is -1.89. The minimum atomic E-state index is 0.807. The molecular formula is C16H16. The average molecular weight is 208 g/mol. The van der Waals surface area contributed by atoms with Crippen molar-refractivity contribution < 1.29 is 0 Å². The summed E-state index contributed by atoms with van der Waals surface area (Å²) in [6, 6.07) is 21.7. The summed E-state index contributed by atoms with van der Waals surface area (Å²) in [5, 5.41) is 0. The lowest BCUT2D eigenvalue weighted by atomic mass is 10.0. The summed E-state index contributed by atoms with van der Waals surface area (Å²) in [4.78, 5) is 0. The summed E-state index contributed by atoms with van der Waals surface area (Å²) in [5.41, 5.74) is 2.99. The zero-order valence-electron chi connectivity index (χ0n) is 9.34. The zero-order chi connectivity index (χ0) is 10.8. The van der Waals surface area contributed by atoms with Gasteiger partial charge in [-0.05, 0) is 35.8 Å². The molecule has 80 valence electrons. The summed E-state index contributed by atoms with van der Waals surface area (Å²) >= 11 is 0. The van der Waals surface area contributed by atoms with Crippen molar-refractivity contribution in [3.8, 4) is 0 Å². The summed E-state index contributed by atoms with van der Waals surface area (Å²) in [7, 11) is 0. The molecule has 0 heterocycles. The fourth-order valence-electron chi connectivity index (χ4n) is 2.50. The van der Waals surface area contributed by atoms with Crippen LogP contribution in [0.15, 0.2) is 60.7 Å². The van der Waals surface area contributed by atoms with Crippen LogP contribution in [0.1, 0.15) is 23.5 Å². The molecule has 0 heteroatoms. The Bertz CT molecular complexity index is 444. The zero-order valence-corrected chi connectivity index (χ0v) is 9.34. The third kappa shape index (κ3) is 2.01. The van der Waals surface area contributed by atoms with Crippen LogP contribution in [-0.2, 0) is 6.42 Å². The lowest BCUT2D eigenvalue weighted by Gasteiger charge is -2.01. The van der Waals surface area contributed by atoms with Crippen molar-refractivity contribution in [1.29, 1.82) is 0 Å². The largest absolute Gasteiger partial charge is 0.0622 e. The molecule has 0 nitrogen and oxygen atoms in total. The van der Waals surface area contributed by atoms with E-state index in [1.807, 2.05) is 0 Å². The van der Waals surface area contributed by atoms with E-state index >= 15 is 0 Å². The van der Waals surface area contributed by atoms with Gasteiger partial charge in [-0.25, -0.2) is 0 Å². The highest BCUT2D eigenvalue weighted by Crippen LogP contribution is 2.49. The van der Waals surface area contributed by atoms with Crippen LogP contribution < -0.4 is 0 Å². The number of benzene rings is 2. The molecule has 0 spiro atoms. The SMILES string of the molecule is c1ccc(C[C@H]2C[C@H]2c2ccccc2)cc1. The maximum Gasteiger partial charge on any atom is -0.0127 e. The van der Waals surface area contributed by atoms with Crippen LogP contribution >= 0.6 is 0 Å². The molecule has 1 fully saturated rings. The molecule has 1 aliphatic rings. The molecule has 0 N–H and O–H groups in total. The van der Waals surface area contributed by atoms with E-state index in [0.717, 1.165) is 11.8 Å². The van der Waals surface area contributed by atoms with E-state index in [9.17, 15) is 0 Å². The lowest BCUT2D eigenvalue weighted by molar-refractivity contribution is 0.795. The van der Waals surface area contributed by atoms with Crippen LogP contribution in [-0.4, -0.2) is 0 Å². The molecule has 0 aliphatic heterocycles. The molecule has 0 radical (unpaired) electrons. The highest BCUT2D eigenvalue weighted by Gasteiger charge is 2.37. The van der Waals surface area contributed by atoms with Crippen LogP contribution in [0.2, 0.25) is 0 Å². The van der Waals surface area contributed by atoms with Crippen molar-refractivity contribution in [2.24, 2.45) is 5.92 Å². The number of hydrogen-bond acceptors (Lipinski definition) is 0. The first-order valence-corrected chi connectivity index (χ1v) is 6.02. The predicted octanol–water partition coefficient (Wildman–Crippen LogP) is 4.03. The van der Waals surface area contributed by atoms with E-state index in [0.29, 0.717) is 0 Å².